The zero-order valence-corrected chi connectivity index (χ0v) is 16.9. The van der Waals surface area contributed by atoms with Gasteiger partial charge in [-0.05, 0) is 55.7 Å². The first-order chi connectivity index (χ1) is 12.9. The summed E-state index contributed by atoms with van der Waals surface area (Å²) in [4.78, 5) is 14.3. The van der Waals surface area contributed by atoms with Crippen molar-refractivity contribution >= 4 is 21.6 Å². The first-order valence-corrected chi connectivity index (χ1v) is 10.8. The second kappa shape index (κ2) is 7.72. The molecule has 1 heterocycles. The van der Waals surface area contributed by atoms with Crippen LogP contribution in [0.15, 0.2) is 53.4 Å². The molecule has 1 aliphatic heterocycles. The van der Waals surface area contributed by atoms with E-state index in [-0.39, 0.29) is 16.8 Å². The number of carbonyl (C=O) groups is 1. The summed E-state index contributed by atoms with van der Waals surface area (Å²) in [6, 6.07) is 13.7. The lowest BCUT2D eigenvalue weighted by Crippen LogP contribution is -2.35. The summed E-state index contributed by atoms with van der Waals surface area (Å²) in [6.07, 6.45) is 2.67. The van der Waals surface area contributed by atoms with Crippen molar-refractivity contribution in [2.24, 2.45) is 0 Å². The van der Waals surface area contributed by atoms with Gasteiger partial charge in [-0.2, -0.15) is 0 Å². The largest absolute Gasteiger partial charge is 0.342 e. The van der Waals surface area contributed by atoms with E-state index in [1.165, 1.54) is 16.4 Å². The standard InChI is InChI=1S/C21H26N2O3S/c1-4-5-14-22(3)21(24)17-10-12-19(13-11-17)27(25,26)23-16(2)15-18-8-6-7-9-20(18)23/h6-13,16H,4-5,14-15H2,1-3H3. The van der Waals surface area contributed by atoms with Crippen LogP contribution in [0.1, 0.15) is 42.6 Å². The smallest absolute Gasteiger partial charge is 0.264 e. The van der Waals surface area contributed by atoms with Crippen LogP contribution in [0.25, 0.3) is 0 Å². The fourth-order valence-corrected chi connectivity index (χ4v) is 5.20. The molecule has 6 heteroatoms. The van der Waals surface area contributed by atoms with Gasteiger partial charge in [-0.1, -0.05) is 31.5 Å². The summed E-state index contributed by atoms with van der Waals surface area (Å²) in [5, 5.41) is 0. The van der Waals surface area contributed by atoms with Gasteiger partial charge in [0.1, 0.15) is 0 Å². The molecule has 3 rings (SSSR count). The van der Waals surface area contributed by atoms with Crippen LogP contribution in [-0.2, 0) is 16.4 Å². The van der Waals surface area contributed by atoms with E-state index >= 15 is 0 Å². The van der Waals surface area contributed by atoms with Crippen LogP contribution in [0.4, 0.5) is 5.69 Å². The molecule has 27 heavy (non-hydrogen) atoms. The molecule has 5 nitrogen and oxygen atoms in total. The highest BCUT2D eigenvalue weighted by atomic mass is 32.2. The first kappa shape index (κ1) is 19.4. The van der Waals surface area contributed by atoms with Crippen LogP contribution in [0.3, 0.4) is 0 Å². The van der Waals surface area contributed by atoms with Crippen molar-refractivity contribution in [2.75, 3.05) is 17.9 Å². The molecule has 2 aromatic carbocycles. The Morgan fingerprint density at radius 1 is 1.15 bits per heavy atom. The van der Waals surface area contributed by atoms with Gasteiger partial charge >= 0.3 is 0 Å². The van der Waals surface area contributed by atoms with E-state index in [9.17, 15) is 13.2 Å². The number of carbonyl (C=O) groups excluding carboxylic acids is 1. The fraction of sp³-hybridized carbons (Fsp3) is 0.381. The minimum Gasteiger partial charge on any atom is -0.342 e. The average Bonchev–Trinajstić information content (AvgIpc) is 3.02. The van der Waals surface area contributed by atoms with Gasteiger partial charge in [0.2, 0.25) is 0 Å². The van der Waals surface area contributed by atoms with Crippen LogP contribution < -0.4 is 4.31 Å². The van der Waals surface area contributed by atoms with E-state index in [0.717, 1.165) is 24.1 Å². The van der Waals surface area contributed by atoms with E-state index in [2.05, 4.69) is 6.92 Å². The van der Waals surface area contributed by atoms with E-state index < -0.39 is 10.0 Å². The van der Waals surface area contributed by atoms with Crippen molar-refractivity contribution in [1.29, 1.82) is 0 Å². The number of para-hydroxylation sites is 1. The number of rotatable bonds is 6. The molecule has 0 aromatic heterocycles. The fourth-order valence-electron chi connectivity index (χ4n) is 3.50. The lowest BCUT2D eigenvalue weighted by Gasteiger charge is -2.24. The molecule has 0 spiro atoms. The maximum Gasteiger partial charge on any atom is 0.264 e. The van der Waals surface area contributed by atoms with Crippen LogP contribution in [0.2, 0.25) is 0 Å². The topological polar surface area (TPSA) is 57.7 Å². The third kappa shape index (κ3) is 3.72. The number of sulfonamides is 1. The normalized spacial score (nSPS) is 16.3. The third-order valence-corrected chi connectivity index (χ3v) is 6.94. The van der Waals surface area contributed by atoms with Gasteiger partial charge in [-0.3, -0.25) is 9.10 Å². The van der Waals surface area contributed by atoms with E-state index in [1.807, 2.05) is 31.2 Å². The van der Waals surface area contributed by atoms with Crippen molar-refractivity contribution in [3.05, 3.63) is 59.7 Å². The predicted octanol–water partition coefficient (Wildman–Crippen LogP) is 3.70. The Balaban J connectivity index is 1.85. The molecule has 144 valence electrons. The number of unbranched alkanes of at least 4 members (excludes halogenated alkanes) is 1. The zero-order valence-electron chi connectivity index (χ0n) is 16.1. The molecule has 1 unspecified atom stereocenters. The number of nitrogens with zero attached hydrogens (tertiary/aromatic N) is 2. The molecule has 0 N–H and O–H groups in total. The molecule has 1 atom stereocenters. The van der Waals surface area contributed by atoms with Crippen LogP contribution in [0.5, 0.6) is 0 Å². The molecule has 1 aliphatic rings. The predicted molar refractivity (Wildman–Crippen MR) is 108 cm³/mol. The van der Waals surface area contributed by atoms with Crippen molar-refractivity contribution in [3.8, 4) is 0 Å². The lowest BCUT2D eigenvalue weighted by atomic mass is 10.1. The van der Waals surface area contributed by atoms with Crippen LogP contribution in [-0.4, -0.2) is 38.9 Å². The summed E-state index contributed by atoms with van der Waals surface area (Å²) < 4.78 is 27.9. The van der Waals surface area contributed by atoms with Crippen molar-refractivity contribution < 1.29 is 13.2 Å². The maximum atomic E-state index is 13.2. The number of amides is 1. The zero-order chi connectivity index (χ0) is 19.6. The first-order valence-electron chi connectivity index (χ1n) is 9.34. The van der Waals surface area contributed by atoms with Gasteiger partial charge in [0, 0.05) is 25.2 Å². The van der Waals surface area contributed by atoms with Gasteiger partial charge < -0.3 is 4.90 Å². The second-order valence-corrected chi connectivity index (χ2v) is 8.90. The molecule has 2 aromatic rings. The highest BCUT2D eigenvalue weighted by molar-refractivity contribution is 7.92. The molecule has 0 radical (unpaired) electrons. The maximum absolute atomic E-state index is 13.2. The Labute approximate surface area is 161 Å². The Kier molecular flexibility index (Phi) is 5.56. The minimum absolute atomic E-state index is 0.0905. The number of benzene rings is 2. The summed E-state index contributed by atoms with van der Waals surface area (Å²) in [5.41, 5.74) is 2.28. The van der Waals surface area contributed by atoms with Crippen LogP contribution >= 0.6 is 0 Å². The van der Waals surface area contributed by atoms with Crippen molar-refractivity contribution in [3.63, 3.8) is 0 Å². The molecule has 0 saturated carbocycles. The number of anilines is 1. The SMILES string of the molecule is CCCCN(C)C(=O)c1ccc(S(=O)(=O)N2c3ccccc3CC2C)cc1. The average molecular weight is 387 g/mol. The Hall–Kier alpha value is -2.34. The van der Waals surface area contributed by atoms with Gasteiger partial charge in [-0.25, -0.2) is 8.42 Å². The highest BCUT2D eigenvalue weighted by Gasteiger charge is 2.35. The third-order valence-electron chi connectivity index (χ3n) is 5.00. The van der Waals surface area contributed by atoms with E-state index in [0.29, 0.717) is 18.5 Å². The van der Waals surface area contributed by atoms with Gasteiger partial charge in [0.15, 0.2) is 0 Å². The minimum atomic E-state index is -3.67. The molecule has 0 bridgehead atoms. The molecule has 0 aliphatic carbocycles. The summed E-state index contributed by atoms with van der Waals surface area (Å²) in [6.45, 7) is 4.69. The van der Waals surface area contributed by atoms with Gasteiger partial charge in [-0.15, -0.1) is 0 Å². The van der Waals surface area contributed by atoms with Gasteiger partial charge in [0.25, 0.3) is 15.9 Å². The Morgan fingerprint density at radius 3 is 2.48 bits per heavy atom. The number of hydrogen-bond acceptors (Lipinski definition) is 3. The highest BCUT2D eigenvalue weighted by Crippen LogP contribution is 2.36. The molecular weight excluding hydrogens is 360 g/mol. The Bertz CT molecular complexity index is 923. The summed E-state index contributed by atoms with van der Waals surface area (Å²) in [5.74, 6) is -0.0905. The molecule has 0 saturated heterocycles. The van der Waals surface area contributed by atoms with Gasteiger partial charge in [0.05, 0.1) is 10.6 Å². The van der Waals surface area contributed by atoms with Crippen molar-refractivity contribution in [1.82, 2.24) is 4.90 Å². The lowest BCUT2D eigenvalue weighted by molar-refractivity contribution is 0.0793. The van der Waals surface area contributed by atoms with Crippen LogP contribution in [0, 0.1) is 0 Å². The quantitative estimate of drug-likeness (QED) is 0.761. The van der Waals surface area contributed by atoms with E-state index in [4.69, 9.17) is 0 Å². The molecule has 1 amide bonds. The summed E-state index contributed by atoms with van der Waals surface area (Å²) >= 11 is 0. The van der Waals surface area contributed by atoms with Crippen molar-refractivity contribution in [2.45, 2.75) is 44.0 Å². The van der Waals surface area contributed by atoms with E-state index in [1.54, 1.807) is 24.1 Å². The number of fused-ring (bicyclic) bond motifs is 1. The second-order valence-electron chi connectivity index (χ2n) is 7.09. The molecule has 0 fully saturated rings. The monoisotopic (exact) mass is 386 g/mol. The Morgan fingerprint density at radius 2 is 1.81 bits per heavy atom. The molecular formula is C21H26N2O3S. The number of hydrogen-bond donors (Lipinski definition) is 0. The summed E-state index contributed by atoms with van der Waals surface area (Å²) in [7, 11) is -1.90.